The van der Waals surface area contributed by atoms with Crippen LogP contribution in [0, 0.1) is 5.92 Å². The third kappa shape index (κ3) is 7.50. The quantitative estimate of drug-likeness (QED) is 0.632. The van der Waals surface area contributed by atoms with Crippen LogP contribution in [-0.4, -0.2) is 92.2 Å². The summed E-state index contributed by atoms with van der Waals surface area (Å²) in [6, 6.07) is 8.28. The molecule has 3 atom stereocenters. The summed E-state index contributed by atoms with van der Waals surface area (Å²) in [4.78, 5) is 46.3. The van der Waals surface area contributed by atoms with E-state index in [1.165, 1.54) is 7.11 Å². The summed E-state index contributed by atoms with van der Waals surface area (Å²) in [5.74, 6) is -0.319. The van der Waals surface area contributed by atoms with Gasteiger partial charge >= 0.3 is 0 Å². The van der Waals surface area contributed by atoms with Crippen LogP contribution in [0.4, 0.5) is 5.69 Å². The minimum absolute atomic E-state index is 0.0437. The van der Waals surface area contributed by atoms with E-state index >= 15 is 0 Å². The highest BCUT2D eigenvalue weighted by molar-refractivity contribution is 5.98. The molecule has 0 saturated carbocycles. The summed E-state index contributed by atoms with van der Waals surface area (Å²) < 4.78 is 16.7. The summed E-state index contributed by atoms with van der Waals surface area (Å²) in [6.45, 7) is 4.76. The predicted octanol–water partition coefficient (Wildman–Crippen LogP) is 2.24. The molecule has 1 N–H and O–H groups in total. The molecule has 0 radical (unpaired) electrons. The molecule has 0 aliphatic carbocycles. The Kier molecular flexibility index (Phi) is 9.99. The topological polar surface area (TPSA) is 110 Å². The van der Waals surface area contributed by atoms with Crippen LogP contribution in [0.5, 0.6) is 5.75 Å². The van der Waals surface area contributed by atoms with E-state index in [-0.39, 0.29) is 55.4 Å². The van der Waals surface area contributed by atoms with Crippen molar-refractivity contribution in [2.24, 2.45) is 5.92 Å². The van der Waals surface area contributed by atoms with Crippen LogP contribution in [0.3, 0.4) is 0 Å². The summed E-state index contributed by atoms with van der Waals surface area (Å²) in [5.41, 5.74) is 1.66. The molecule has 0 unspecified atom stereocenters. The fraction of sp³-hybridized carbons (Fsp3) is 0.481. The van der Waals surface area contributed by atoms with Gasteiger partial charge in [0.1, 0.15) is 19.0 Å². The van der Waals surface area contributed by atoms with Crippen molar-refractivity contribution < 1.29 is 28.6 Å². The van der Waals surface area contributed by atoms with Gasteiger partial charge in [-0.3, -0.25) is 19.4 Å². The van der Waals surface area contributed by atoms with Crippen molar-refractivity contribution in [1.29, 1.82) is 0 Å². The molecule has 10 nitrogen and oxygen atoms in total. The van der Waals surface area contributed by atoms with Gasteiger partial charge in [-0.1, -0.05) is 13.0 Å². The number of rotatable bonds is 6. The molecule has 200 valence electrons. The Morgan fingerprint density at radius 3 is 2.65 bits per heavy atom. The summed E-state index contributed by atoms with van der Waals surface area (Å²) in [6.07, 6.45) is 3.29. The molecule has 1 aromatic heterocycles. The number of hydrogen-bond acceptors (Lipinski definition) is 7. The van der Waals surface area contributed by atoms with Crippen LogP contribution in [0.15, 0.2) is 42.7 Å². The number of likely N-dealkylation sites (N-methyl/N-ethyl adjacent to an activating group) is 1. The first-order valence-corrected chi connectivity index (χ1v) is 12.3. The number of methoxy groups -OCH3 is 2. The fourth-order valence-corrected chi connectivity index (χ4v) is 4.30. The number of benzene rings is 1. The molecule has 0 bridgehead atoms. The molecule has 2 aromatic rings. The van der Waals surface area contributed by atoms with E-state index in [0.717, 1.165) is 5.56 Å². The van der Waals surface area contributed by atoms with E-state index in [0.29, 0.717) is 30.1 Å². The average molecular weight is 513 g/mol. The molecular formula is C27H36N4O6. The number of amides is 3. The molecule has 0 saturated heterocycles. The van der Waals surface area contributed by atoms with Gasteiger partial charge in [0.05, 0.1) is 24.1 Å². The molecule has 1 aromatic carbocycles. The van der Waals surface area contributed by atoms with Crippen LogP contribution in [0.1, 0.15) is 29.8 Å². The Balaban J connectivity index is 1.93. The number of hydrogen-bond donors (Lipinski definition) is 1. The van der Waals surface area contributed by atoms with Crippen molar-refractivity contribution in [2.75, 3.05) is 52.9 Å². The number of aromatic nitrogens is 1. The lowest BCUT2D eigenvalue weighted by atomic mass is 10.0. The van der Waals surface area contributed by atoms with Gasteiger partial charge in [0.15, 0.2) is 0 Å². The third-order valence-electron chi connectivity index (χ3n) is 6.40. The highest BCUT2D eigenvalue weighted by Crippen LogP contribution is 2.27. The molecule has 0 spiro atoms. The number of anilines is 1. The highest BCUT2D eigenvalue weighted by Gasteiger charge is 2.30. The van der Waals surface area contributed by atoms with Crippen LogP contribution in [-0.2, 0) is 25.5 Å². The Labute approximate surface area is 217 Å². The van der Waals surface area contributed by atoms with Gasteiger partial charge in [-0.15, -0.1) is 0 Å². The maximum Gasteiger partial charge on any atom is 0.257 e. The van der Waals surface area contributed by atoms with Gasteiger partial charge in [-0.25, -0.2) is 0 Å². The first-order chi connectivity index (χ1) is 17.7. The van der Waals surface area contributed by atoms with Crippen molar-refractivity contribution in [1.82, 2.24) is 14.8 Å². The summed E-state index contributed by atoms with van der Waals surface area (Å²) in [7, 11) is 4.76. The molecule has 10 heteroatoms. The second-order valence-corrected chi connectivity index (χ2v) is 9.37. The monoisotopic (exact) mass is 512 g/mol. The standard InChI is InChI=1S/C27H36N4O6/c1-18-14-31(26(33)11-20-7-6-10-28-13-20)19(2)16-37-23-12-21(29-25(32)17-35-4)8-9-22(23)27(34)30(3)15-24(18)36-5/h6-10,12-13,18-19,24H,11,14-17H2,1-5H3,(H,29,32)/t18-,19+,24+/m0/s1. The van der Waals surface area contributed by atoms with E-state index in [1.54, 1.807) is 54.6 Å². The van der Waals surface area contributed by atoms with Crippen molar-refractivity contribution in [2.45, 2.75) is 32.4 Å². The number of carbonyl (C=O) groups excluding carboxylic acids is 3. The minimum Gasteiger partial charge on any atom is -0.491 e. The Morgan fingerprint density at radius 1 is 1.19 bits per heavy atom. The number of carbonyl (C=O) groups is 3. The number of pyridine rings is 1. The van der Waals surface area contributed by atoms with E-state index in [1.807, 2.05) is 26.0 Å². The molecule has 37 heavy (non-hydrogen) atoms. The van der Waals surface area contributed by atoms with E-state index in [2.05, 4.69) is 10.3 Å². The molecule has 0 fully saturated rings. The zero-order chi connectivity index (χ0) is 26.9. The largest absolute Gasteiger partial charge is 0.491 e. The first kappa shape index (κ1) is 28.1. The van der Waals surface area contributed by atoms with Crippen LogP contribution in [0.25, 0.3) is 0 Å². The molecule has 1 aliphatic rings. The normalized spacial score (nSPS) is 20.8. The zero-order valence-corrected chi connectivity index (χ0v) is 22.1. The molecule has 3 amide bonds. The zero-order valence-electron chi connectivity index (χ0n) is 22.1. The van der Waals surface area contributed by atoms with Crippen molar-refractivity contribution in [3.8, 4) is 5.75 Å². The molecule has 2 heterocycles. The van der Waals surface area contributed by atoms with E-state index < -0.39 is 0 Å². The maximum absolute atomic E-state index is 13.4. The van der Waals surface area contributed by atoms with Crippen molar-refractivity contribution >= 4 is 23.4 Å². The second kappa shape index (κ2) is 13.2. The van der Waals surface area contributed by atoms with E-state index in [9.17, 15) is 14.4 Å². The number of fused-ring (bicyclic) bond motifs is 1. The SMILES string of the molecule is COCC(=O)Nc1ccc2c(c1)OC[C@@H](C)N(C(=O)Cc1cccnc1)C[C@H](C)[C@H](OC)CN(C)C2=O. The lowest BCUT2D eigenvalue weighted by Gasteiger charge is -2.36. The Hall–Kier alpha value is -3.50. The Bertz CT molecular complexity index is 1080. The van der Waals surface area contributed by atoms with Crippen molar-refractivity contribution in [3.63, 3.8) is 0 Å². The Morgan fingerprint density at radius 2 is 1.97 bits per heavy atom. The van der Waals surface area contributed by atoms with Gasteiger partial charge < -0.3 is 29.3 Å². The van der Waals surface area contributed by atoms with Crippen LogP contribution >= 0.6 is 0 Å². The summed E-state index contributed by atoms with van der Waals surface area (Å²) in [5, 5.41) is 2.73. The smallest absolute Gasteiger partial charge is 0.257 e. The van der Waals surface area contributed by atoms with Crippen molar-refractivity contribution in [3.05, 3.63) is 53.9 Å². The van der Waals surface area contributed by atoms with Crippen LogP contribution < -0.4 is 10.1 Å². The van der Waals surface area contributed by atoms with Gasteiger partial charge in [-0.05, 0) is 30.7 Å². The number of nitrogens with zero attached hydrogens (tertiary/aromatic N) is 3. The summed E-state index contributed by atoms with van der Waals surface area (Å²) >= 11 is 0. The lowest BCUT2D eigenvalue weighted by molar-refractivity contribution is -0.134. The fourth-order valence-electron chi connectivity index (χ4n) is 4.30. The minimum atomic E-state index is -0.323. The second-order valence-electron chi connectivity index (χ2n) is 9.37. The highest BCUT2D eigenvalue weighted by atomic mass is 16.5. The number of nitrogens with one attached hydrogen (secondary N) is 1. The van der Waals surface area contributed by atoms with Gasteiger partial charge in [0.25, 0.3) is 5.91 Å². The molecular weight excluding hydrogens is 476 g/mol. The van der Waals surface area contributed by atoms with E-state index in [4.69, 9.17) is 14.2 Å². The number of ether oxygens (including phenoxy) is 3. The van der Waals surface area contributed by atoms with Crippen LogP contribution in [0.2, 0.25) is 0 Å². The van der Waals surface area contributed by atoms with Gasteiger partial charge in [0, 0.05) is 64.4 Å². The average Bonchev–Trinajstić information content (AvgIpc) is 2.88. The molecule has 3 rings (SSSR count). The maximum atomic E-state index is 13.4. The van der Waals surface area contributed by atoms with Gasteiger partial charge in [0.2, 0.25) is 11.8 Å². The first-order valence-electron chi connectivity index (χ1n) is 12.3. The third-order valence-corrected chi connectivity index (χ3v) is 6.40. The molecule has 1 aliphatic heterocycles. The lowest BCUT2D eigenvalue weighted by Crippen LogP contribution is -2.49. The predicted molar refractivity (Wildman–Crippen MR) is 138 cm³/mol. The van der Waals surface area contributed by atoms with Gasteiger partial charge in [-0.2, -0.15) is 0 Å².